The van der Waals surface area contributed by atoms with Gasteiger partial charge in [-0.1, -0.05) is 12.1 Å². The summed E-state index contributed by atoms with van der Waals surface area (Å²) in [5.74, 6) is -3.92. The average molecular weight is 271 g/mol. The minimum absolute atomic E-state index is 0.00573. The lowest BCUT2D eigenvalue weighted by Crippen LogP contribution is -2.25. The summed E-state index contributed by atoms with van der Waals surface area (Å²) in [5, 5.41) is 17.8. The monoisotopic (exact) mass is 271 g/mol. The molecular formula is C13H15F2NO3. The zero-order valence-electron chi connectivity index (χ0n) is 10.2. The Morgan fingerprint density at radius 3 is 2.47 bits per heavy atom. The van der Waals surface area contributed by atoms with Crippen molar-refractivity contribution in [2.75, 3.05) is 18.0 Å². The summed E-state index contributed by atoms with van der Waals surface area (Å²) in [6.07, 6.45) is -1.58. The Bertz CT molecular complexity index is 461. The molecule has 4 nitrogen and oxygen atoms in total. The van der Waals surface area contributed by atoms with Crippen molar-refractivity contribution in [1.29, 1.82) is 0 Å². The van der Waals surface area contributed by atoms with Crippen molar-refractivity contribution in [2.24, 2.45) is 0 Å². The SMILES string of the molecule is O=C(O)C(O)Cc1ccc(N2CCC(F)(F)C2)cc1. The predicted molar refractivity (Wildman–Crippen MR) is 65.6 cm³/mol. The third-order valence-electron chi connectivity index (χ3n) is 3.19. The molecule has 0 bridgehead atoms. The van der Waals surface area contributed by atoms with Gasteiger partial charge in [0.2, 0.25) is 0 Å². The van der Waals surface area contributed by atoms with Crippen LogP contribution in [0.1, 0.15) is 12.0 Å². The molecule has 1 aliphatic rings. The number of carboxylic acids is 1. The third-order valence-corrected chi connectivity index (χ3v) is 3.19. The number of carboxylic acid groups (broad SMARTS) is 1. The fourth-order valence-corrected chi connectivity index (χ4v) is 2.11. The van der Waals surface area contributed by atoms with Gasteiger partial charge in [-0.3, -0.25) is 0 Å². The summed E-state index contributed by atoms with van der Waals surface area (Å²) in [7, 11) is 0. The molecule has 2 N–H and O–H groups in total. The van der Waals surface area contributed by atoms with Crippen LogP contribution < -0.4 is 4.90 Å². The maximum atomic E-state index is 13.1. The standard InChI is InChI=1S/C13H15F2NO3/c14-13(15)5-6-16(8-13)10-3-1-9(2-4-10)7-11(17)12(18)19/h1-4,11,17H,5-8H2,(H,18,19). The molecule has 1 unspecified atom stereocenters. The number of hydrogen-bond donors (Lipinski definition) is 2. The molecule has 0 saturated carbocycles. The Hall–Kier alpha value is -1.69. The minimum Gasteiger partial charge on any atom is -0.479 e. The molecule has 104 valence electrons. The highest BCUT2D eigenvalue weighted by atomic mass is 19.3. The second-order valence-electron chi connectivity index (χ2n) is 4.75. The Labute approximate surface area is 109 Å². The van der Waals surface area contributed by atoms with E-state index in [0.29, 0.717) is 17.8 Å². The molecule has 1 fully saturated rings. The van der Waals surface area contributed by atoms with Gasteiger partial charge in [-0.25, -0.2) is 13.6 Å². The first-order valence-corrected chi connectivity index (χ1v) is 6.00. The van der Waals surface area contributed by atoms with Gasteiger partial charge in [-0.05, 0) is 17.7 Å². The Morgan fingerprint density at radius 2 is 2.00 bits per heavy atom. The molecule has 0 aromatic heterocycles. The number of benzene rings is 1. The normalized spacial score (nSPS) is 19.4. The zero-order valence-corrected chi connectivity index (χ0v) is 10.2. The summed E-state index contributed by atoms with van der Waals surface area (Å²) in [4.78, 5) is 12.1. The molecule has 2 rings (SSSR count). The molecule has 1 aromatic carbocycles. The van der Waals surface area contributed by atoms with Crippen LogP contribution in [0.2, 0.25) is 0 Å². The van der Waals surface area contributed by atoms with E-state index in [1.165, 1.54) is 0 Å². The van der Waals surface area contributed by atoms with Crippen LogP contribution in [0.3, 0.4) is 0 Å². The van der Waals surface area contributed by atoms with Crippen molar-refractivity contribution in [3.05, 3.63) is 29.8 Å². The summed E-state index contributed by atoms with van der Waals surface area (Å²) >= 11 is 0. The van der Waals surface area contributed by atoms with Crippen LogP contribution in [0.5, 0.6) is 0 Å². The number of anilines is 1. The van der Waals surface area contributed by atoms with E-state index in [2.05, 4.69) is 0 Å². The van der Waals surface area contributed by atoms with E-state index in [1.54, 1.807) is 29.2 Å². The lowest BCUT2D eigenvalue weighted by Gasteiger charge is -2.18. The minimum atomic E-state index is -2.64. The van der Waals surface area contributed by atoms with E-state index in [0.717, 1.165) is 0 Å². The maximum Gasteiger partial charge on any atom is 0.332 e. The number of carbonyl (C=O) groups is 1. The first kappa shape index (κ1) is 13.7. The fraction of sp³-hybridized carbons (Fsp3) is 0.462. The van der Waals surface area contributed by atoms with E-state index < -0.39 is 18.0 Å². The van der Waals surface area contributed by atoms with Crippen LogP contribution in [0.15, 0.2) is 24.3 Å². The highest BCUT2D eigenvalue weighted by Gasteiger charge is 2.38. The molecule has 1 heterocycles. The smallest absolute Gasteiger partial charge is 0.332 e. The molecule has 0 spiro atoms. The van der Waals surface area contributed by atoms with E-state index >= 15 is 0 Å². The van der Waals surface area contributed by atoms with Crippen LogP contribution in [0.25, 0.3) is 0 Å². The summed E-state index contributed by atoms with van der Waals surface area (Å²) < 4.78 is 26.2. The molecule has 0 amide bonds. The summed E-state index contributed by atoms with van der Waals surface area (Å²) in [6, 6.07) is 6.65. The summed E-state index contributed by atoms with van der Waals surface area (Å²) in [6.45, 7) is 0.0220. The lowest BCUT2D eigenvalue weighted by atomic mass is 10.1. The van der Waals surface area contributed by atoms with Crippen LogP contribution in [0.4, 0.5) is 14.5 Å². The molecule has 1 aliphatic heterocycles. The van der Waals surface area contributed by atoms with Gasteiger partial charge in [-0.2, -0.15) is 0 Å². The number of alkyl halides is 2. The number of nitrogens with zero attached hydrogens (tertiary/aromatic N) is 1. The van der Waals surface area contributed by atoms with Gasteiger partial charge >= 0.3 is 5.97 Å². The molecule has 1 aromatic rings. The van der Waals surface area contributed by atoms with E-state index in [-0.39, 0.29) is 19.4 Å². The molecule has 6 heteroatoms. The molecular weight excluding hydrogens is 256 g/mol. The van der Waals surface area contributed by atoms with Gasteiger partial charge in [0, 0.05) is 25.1 Å². The van der Waals surface area contributed by atoms with Gasteiger partial charge in [0.25, 0.3) is 5.92 Å². The number of aliphatic hydroxyl groups is 1. The first-order chi connectivity index (χ1) is 8.87. The number of halogens is 2. The van der Waals surface area contributed by atoms with Gasteiger partial charge in [0.15, 0.2) is 6.10 Å². The third kappa shape index (κ3) is 3.41. The number of hydrogen-bond acceptors (Lipinski definition) is 3. The molecule has 1 saturated heterocycles. The second-order valence-corrected chi connectivity index (χ2v) is 4.75. The average Bonchev–Trinajstić information content (AvgIpc) is 2.70. The lowest BCUT2D eigenvalue weighted by molar-refractivity contribution is -0.146. The van der Waals surface area contributed by atoms with Crippen molar-refractivity contribution in [1.82, 2.24) is 0 Å². The van der Waals surface area contributed by atoms with E-state index in [9.17, 15) is 18.7 Å². The van der Waals surface area contributed by atoms with Crippen LogP contribution >= 0.6 is 0 Å². The summed E-state index contributed by atoms with van der Waals surface area (Å²) in [5.41, 5.74) is 1.34. The quantitative estimate of drug-likeness (QED) is 0.871. The predicted octanol–water partition coefficient (Wildman–Crippen LogP) is 1.52. The van der Waals surface area contributed by atoms with Gasteiger partial charge in [0.1, 0.15) is 0 Å². The van der Waals surface area contributed by atoms with Gasteiger partial charge in [-0.15, -0.1) is 0 Å². The molecule has 1 atom stereocenters. The van der Waals surface area contributed by atoms with Gasteiger partial charge in [0.05, 0.1) is 6.54 Å². The molecule has 0 aliphatic carbocycles. The number of rotatable bonds is 4. The Kier molecular flexibility index (Phi) is 3.71. The molecule has 0 radical (unpaired) electrons. The highest BCUT2D eigenvalue weighted by molar-refractivity contribution is 5.72. The first-order valence-electron chi connectivity index (χ1n) is 6.00. The highest BCUT2D eigenvalue weighted by Crippen LogP contribution is 2.30. The zero-order chi connectivity index (χ0) is 14.0. The van der Waals surface area contributed by atoms with Crippen LogP contribution in [0, 0.1) is 0 Å². The maximum absolute atomic E-state index is 13.1. The van der Waals surface area contributed by atoms with Gasteiger partial charge < -0.3 is 15.1 Å². The van der Waals surface area contributed by atoms with Crippen molar-refractivity contribution < 1.29 is 23.8 Å². The fourth-order valence-electron chi connectivity index (χ4n) is 2.11. The second kappa shape index (κ2) is 5.13. The largest absolute Gasteiger partial charge is 0.479 e. The van der Waals surface area contributed by atoms with Crippen molar-refractivity contribution in [3.63, 3.8) is 0 Å². The topological polar surface area (TPSA) is 60.8 Å². The van der Waals surface area contributed by atoms with Crippen molar-refractivity contribution in [3.8, 4) is 0 Å². The molecule has 19 heavy (non-hydrogen) atoms. The van der Waals surface area contributed by atoms with E-state index in [1.807, 2.05) is 0 Å². The van der Waals surface area contributed by atoms with Crippen molar-refractivity contribution >= 4 is 11.7 Å². The number of aliphatic carboxylic acids is 1. The van der Waals surface area contributed by atoms with E-state index in [4.69, 9.17) is 5.11 Å². The number of aliphatic hydroxyl groups excluding tert-OH is 1. The van der Waals surface area contributed by atoms with Crippen LogP contribution in [-0.4, -0.2) is 41.3 Å². The van der Waals surface area contributed by atoms with Crippen molar-refractivity contribution in [2.45, 2.75) is 24.9 Å². The van der Waals surface area contributed by atoms with Crippen LogP contribution in [-0.2, 0) is 11.2 Å². The Balaban J connectivity index is 2.01. The Morgan fingerprint density at radius 1 is 1.37 bits per heavy atom.